The molecule has 0 aromatic rings. The summed E-state index contributed by atoms with van der Waals surface area (Å²) >= 11 is 0. The molecule has 0 unspecified atom stereocenters. The average molecular weight is 266 g/mol. The van der Waals surface area contributed by atoms with E-state index in [4.69, 9.17) is 14.9 Å². The molecule has 0 aliphatic carbocycles. The number of carbonyl (C=O) groups is 2. The SMILES string of the molecule is CC(=O)O[C@@H]([C@H](O)[C@@H](O)CO)[C@@H](CO)OC(C)=O. The zero-order valence-corrected chi connectivity index (χ0v) is 10.1. The summed E-state index contributed by atoms with van der Waals surface area (Å²) in [5.41, 5.74) is 0. The maximum Gasteiger partial charge on any atom is 0.303 e. The largest absolute Gasteiger partial charge is 0.456 e. The van der Waals surface area contributed by atoms with Crippen LogP contribution < -0.4 is 0 Å². The number of carbonyl (C=O) groups excluding carboxylic acids is 2. The number of rotatable bonds is 7. The van der Waals surface area contributed by atoms with Crippen molar-refractivity contribution in [2.24, 2.45) is 0 Å². The van der Waals surface area contributed by atoms with E-state index in [-0.39, 0.29) is 0 Å². The van der Waals surface area contributed by atoms with Gasteiger partial charge >= 0.3 is 11.9 Å². The van der Waals surface area contributed by atoms with Gasteiger partial charge in [0.15, 0.2) is 12.2 Å². The highest BCUT2D eigenvalue weighted by Gasteiger charge is 2.37. The van der Waals surface area contributed by atoms with Crippen molar-refractivity contribution in [3.8, 4) is 0 Å². The maximum absolute atomic E-state index is 10.9. The van der Waals surface area contributed by atoms with Gasteiger partial charge in [-0.15, -0.1) is 0 Å². The zero-order chi connectivity index (χ0) is 14.3. The number of esters is 2. The molecule has 0 aliphatic heterocycles. The number of hydrogen-bond donors (Lipinski definition) is 4. The molecule has 8 nitrogen and oxygen atoms in total. The Kier molecular flexibility index (Phi) is 7.44. The minimum absolute atomic E-state index is 0.716. The van der Waals surface area contributed by atoms with E-state index in [0.29, 0.717) is 0 Å². The molecule has 4 N–H and O–H groups in total. The molecular formula is C10H18O8. The van der Waals surface area contributed by atoms with Gasteiger partial charge in [0.1, 0.15) is 12.2 Å². The molecule has 0 aromatic heterocycles. The predicted molar refractivity (Wildman–Crippen MR) is 57.3 cm³/mol. The molecular weight excluding hydrogens is 248 g/mol. The standard InChI is InChI=1S/C10H18O8/c1-5(13)17-8(4-12)10(18-6(2)14)9(16)7(15)3-11/h7-12,15-16H,3-4H2,1-2H3/t7-,8+,9+,10+/m0/s1. The second kappa shape index (κ2) is 7.98. The summed E-state index contributed by atoms with van der Waals surface area (Å²) in [7, 11) is 0. The van der Waals surface area contributed by atoms with Crippen molar-refractivity contribution in [1.29, 1.82) is 0 Å². The van der Waals surface area contributed by atoms with Crippen molar-refractivity contribution in [2.45, 2.75) is 38.3 Å². The van der Waals surface area contributed by atoms with Crippen molar-refractivity contribution in [3.05, 3.63) is 0 Å². The van der Waals surface area contributed by atoms with Crippen LogP contribution in [0.3, 0.4) is 0 Å². The quantitative estimate of drug-likeness (QED) is 0.373. The smallest absolute Gasteiger partial charge is 0.303 e. The first kappa shape index (κ1) is 16.8. The number of aliphatic hydroxyl groups excluding tert-OH is 4. The summed E-state index contributed by atoms with van der Waals surface area (Å²) in [6.07, 6.45) is -6.10. The Morgan fingerprint density at radius 3 is 1.83 bits per heavy atom. The van der Waals surface area contributed by atoms with E-state index < -0.39 is 49.6 Å². The van der Waals surface area contributed by atoms with Gasteiger partial charge in [0.2, 0.25) is 0 Å². The summed E-state index contributed by atoms with van der Waals surface area (Å²) in [5.74, 6) is -1.55. The van der Waals surface area contributed by atoms with Gasteiger partial charge in [0.05, 0.1) is 13.2 Å². The lowest BCUT2D eigenvalue weighted by Gasteiger charge is -2.30. The molecule has 0 saturated heterocycles. The lowest BCUT2D eigenvalue weighted by atomic mass is 10.0. The summed E-state index contributed by atoms with van der Waals surface area (Å²) in [6.45, 7) is 0.624. The van der Waals surface area contributed by atoms with Crippen LogP contribution in [-0.2, 0) is 19.1 Å². The molecule has 0 rings (SSSR count). The summed E-state index contributed by atoms with van der Waals surface area (Å²) in [4.78, 5) is 21.7. The van der Waals surface area contributed by atoms with Crippen LogP contribution in [0.2, 0.25) is 0 Å². The van der Waals surface area contributed by atoms with Gasteiger partial charge in [-0.1, -0.05) is 0 Å². The van der Waals surface area contributed by atoms with Crippen LogP contribution in [-0.4, -0.2) is 70.0 Å². The molecule has 0 bridgehead atoms. The lowest BCUT2D eigenvalue weighted by Crippen LogP contribution is -2.50. The van der Waals surface area contributed by atoms with Gasteiger partial charge in [-0.2, -0.15) is 0 Å². The normalized spacial score (nSPS) is 17.4. The molecule has 8 heteroatoms. The molecule has 0 radical (unpaired) electrons. The molecule has 0 saturated carbocycles. The van der Waals surface area contributed by atoms with Crippen LogP contribution in [0.15, 0.2) is 0 Å². The fourth-order valence-corrected chi connectivity index (χ4v) is 1.31. The van der Waals surface area contributed by atoms with Crippen molar-refractivity contribution in [1.82, 2.24) is 0 Å². The highest BCUT2D eigenvalue weighted by molar-refractivity contribution is 5.67. The Balaban J connectivity index is 4.92. The highest BCUT2D eigenvalue weighted by Crippen LogP contribution is 2.13. The number of ether oxygens (including phenoxy) is 2. The molecule has 106 valence electrons. The minimum Gasteiger partial charge on any atom is -0.456 e. The van der Waals surface area contributed by atoms with E-state index >= 15 is 0 Å². The van der Waals surface area contributed by atoms with E-state index in [1.807, 2.05) is 0 Å². The van der Waals surface area contributed by atoms with Gasteiger partial charge in [-0.05, 0) is 0 Å². The summed E-state index contributed by atoms with van der Waals surface area (Å²) < 4.78 is 9.35. The second-order valence-corrected chi connectivity index (χ2v) is 3.65. The van der Waals surface area contributed by atoms with Gasteiger partial charge in [0.25, 0.3) is 0 Å². The third-order valence-electron chi connectivity index (χ3n) is 2.08. The van der Waals surface area contributed by atoms with Crippen LogP contribution in [0.1, 0.15) is 13.8 Å². The Morgan fingerprint density at radius 2 is 1.50 bits per heavy atom. The third-order valence-corrected chi connectivity index (χ3v) is 2.08. The van der Waals surface area contributed by atoms with Crippen LogP contribution >= 0.6 is 0 Å². The first-order valence-corrected chi connectivity index (χ1v) is 5.25. The van der Waals surface area contributed by atoms with Crippen molar-refractivity contribution in [2.75, 3.05) is 13.2 Å². The molecule has 0 amide bonds. The van der Waals surface area contributed by atoms with E-state index in [1.165, 1.54) is 0 Å². The number of aliphatic hydroxyl groups is 4. The van der Waals surface area contributed by atoms with Crippen molar-refractivity contribution < 1.29 is 39.5 Å². The second-order valence-electron chi connectivity index (χ2n) is 3.65. The van der Waals surface area contributed by atoms with Gasteiger partial charge < -0.3 is 29.9 Å². The van der Waals surface area contributed by atoms with Crippen LogP contribution in [0, 0.1) is 0 Å². The van der Waals surface area contributed by atoms with E-state index in [9.17, 15) is 19.8 Å². The van der Waals surface area contributed by atoms with E-state index in [2.05, 4.69) is 4.74 Å². The third kappa shape index (κ3) is 5.41. The van der Waals surface area contributed by atoms with Crippen molar-refractivity contribution >= 4 is 11.9 Å². The predicted octanol–water partition coefficient (Wildman–Crippen LogP) is -2.44. The first-order valence-electron chi connectivity index (χ1n) is 5.25. The molecule has 18 heavy (non-hydrogen) atoms. The monoisotopic (exact) mass is 266 g/mol. The fraction of sp³-hybridized carbons (Fsp3) is 0.800. The maximum atomic E-state index is 10.9. The van der Waals surface area contributed by atoms with Crippen LogP contribution in [0.25, 0.3) is 0 Å². The summed E-state index contributed by atoms with van der Waals surface area (Å²) in [6, 6.07) is 0. The topological polar surface area (TPSA) is 134 Å². The first-order chi connectivity index (χ1) is 8.33. The summed E-state index contributed by atoms with van der Waals surface area (Å²) in [5, 5.41) is 36.7. The average Bonchev–Trinajstić information content (AvgIpc) is 2.30. The Morgan fingerprint density at radius 1 is 1.00 bits per heavy atom. The van der Waals surface area contributed by atoms with Gasteiger partial charge in [-0.3, -0.25) is 9.59 Å². The van der Waals surface area contributed by atoms with E-state index in [0.717, 1.165) is 13.8 Å². The fourth-order valence-electron chi connectivity index (χ4n) is 1.31. The Labute approximate surface area is 104 Å². The number of hydrogen-bond acceptors (Lipinski definition) is 8. The molecule has 0 heterocycles. The van der Waals surface area contributed by atoms with Crippen molar-refractivity contribution in [3.63, 3.8) is 0 Å². The Bertz CT molecular complexity index is 279. The zero-order valence-electron chi connectivity index (χ0n) is 10.1. The lowest BCUT2D eigenvalue weighted by molar-refractivity contribution is -0.187. The molecule has 0 aliphatic rings. The molecule has 0 aromatic carbocycles. The molecule has 0 spiro atoms. The van der Waals surface area contributed by atoms with E-state index in [1.54, 1.807) is 0 Å². The van der Waals surface area contributed by atoms with Crippen LogP contribution in [0.5, 0.6) is 0 Å². The van der Waals surface area contributed by atoms with Crippen LogP contribution in [0.4, 0.5) is 0 Å². The Hall–Kier alpha value is -1.22. The van der Waals surface area contributed by atoms with Gasteiger partial charge in [-0.25, -0.2) is 0 Å². The molecule has 0 fully saturated rings. The molecule has 4 atom stereocenters. The highest BCUT2D eigenvalue weighted by atomic mass is 16.6. The van der Waals surface area contributed by atoms with Gasteiger partial charge in [0, 0.05) is 13.8 Å². The minimum atomic E-state index is -1.70.